The highest BCUT2D eigenvalue weighted by atomic mass is 16.4. The van der Waals surface area contributed by atoms with Crippen molar-refractivity contribution in [2.75, 3.05) is 6.54 Å². The number of nitrogens with one attached hydrogen (secondary N) is 3. The molecule has 0 aromatic heterocycles. The highest BCUT2D eigenvalue weighted by Crippen LogP contribution is 2.11. The highest BCUT2D eigenvalue weighted by molar-refractivity contribution is 5.92. The molecule has 178 valence electrons. The molecule has 0 aliphatic heterocycles. The van der Waals surface area contributed by atoms with Gasteiger partial charge in [0, 0.05) is 0 Å². The molecule has 0 heterocycles. The van der Waals surface area contributed by atoms with Crippen LogP contribution in [0, 0.1) is 5.92 Å². The van der Waals surface area contributed by atoms with Crippen LogP contribution in [-0.4, -0.2) is 69.8 Å². The van der Waals surface area contributed by atoms with E-state index in [0.29, 0.717) is 6.42 Å². The molecule has 1 aromatic rings. The van der Waals surface area contributed by atoms with Crippen LogP contribution in [0.1, 0.15) is 32.8 Å². The quantitative estimate of drug-likeness (QED) is 0.207. The number of hydrogen-bond donors (Lipinski definition) is 7. The van der Waals surface area contributed by atoms with Crippen molar-refractivity contribution < 1.29 is 34.5 Å². The third-order valence-electron chi connectivity index (χ3n) is 5.01. The summed E-state index contributed by atoms with van der Waals surface area (Å²) in [7, 11) is 0. The van der Waals surface area contributed by atoms with E-state index in [-0.39, 0.29) is 18.1 Å². The molecule has 5 atom stereocenters. The van der Waals surface area contributed by atoms with Gasteiger partial charge in [0.05, 0.1) is 18.7 Å². The average Bonchev–Trinajstić information content (AvgIpc) is 2.74. The lowest BCUT2D eigenvalue weighted by molar-refractivity contribution is -0.145. The molecule has 1 rings (SSSR count). The summed E-state index contributed by atoms with van der Waals surface area (Å²) in [6, 6.07) is 2.69. The van der Waals surface area contributed by atoms with Crippen molar-refractivity contribution in [2.45, 2.75) is 57.8 Å². The Bertz CT molecular complexity index is 798. The highest BCUT2D eigenvalue weighted by Gasteiger charge is 2.31. The zero-order valence-electron chi connectivity index (χ0n) is 18.4. The molecule has 5 unspecified atom stereocenters. The summed E-state index contributed by atoms with van der Waals surface area (Å²) in [6.45, 7) is 4.30. The van der Waals surface area contributed by atoms with Crippen LogP contribution in [-0.2, 0) is 25.6 Å². The molecule has 8 N–H and O–H groups in total. The minimum absolute atomic E-state index is 0.0893. The number of aliphatic hydroxyl groups is 1. The van der Waals surface area contributed by atoms with E-state index < -0.39 is 54.5 Å². The fraction of sp³-hybridized carbons (Fsp3) is 0.524. The second-order valence-electron chi connectivity index (χ2n) is 7.69. The minimum atomic E-state index is -1.52. The molecule has 0 saturated carbocycles. The standard InChI is InChI=1S/C21H32N4O7/c1-4-11(2)17(20(30)25-18(12(3)26)21(31)32)24-16(28)10-23-19(29)15(22)9-13-5-7-14(27)8-6-13/h5-8,11-12,15,17-18,26-27H,4,9-10,22H2,1-3H3,(H,23,29)(H,24,28)(H,25,30)(H,31,32). The number of rotatable bonds is 12. The molecule has 1 aromatic carbocycles. The monoisotopic (exact) mass is 452 g/mol. The van der Waals surface area contributed by atoms with E-state index in [1.165, 1.54) is 19.1 Å². The number of carbonyl (C=O) groups excluding carboxylic acids is 3. The summed E-state index contributed by atoms with van der Waals surface area (Å²) in [5.41, 5.74) is 6.59. The van der Waals surface area contributed by atoms with Crippen molar-refractivity contribution in [3.05, 3.63) is 29.8 Å². The molecule has 0 spiro atoms. The van der Waals surface area contributed by atoms with Crippen LogP contribution in [0.2, 0.25) is 0 Å². The number of aliphatic hydroxyl groups excluding tert-OH is 1. The van der Waals surface area contributed by atoms with Crippen LogP contribution in [0.3, 0.4) is 0 Å². The number of phenolic OH excluding ortho intramolecular Hbond substituents is 1. The lowest BCUT2D eigenvalue weighted by atomic mass is 9.97. The first-order valence-electron chi connectivity index (χ1n) is 10.3. The van der Waals surface area contributed by atoms with Gasteiger partial charge in [0.2, 0.25) is 17.7 Å². The van der Waals surface area contributed by atoms with E-state index in [2.05, 4.69) is 16.0 Å². The average molecular weight is 453 g/mol. The van der Waals surface area contributed by atoms with E-state index in [1.807, 2.05) is 0 Å². The number of hydrogen-bond acceptors (Lipinski definition) is 7. The summed E-state index contributed by atoms with van der Waals surface area (Å²) in [6.07, 6.45) is -0.630. The molecule has 0 saturated heterocycles. The van der Waals surface area contributed by atoms with E-state index in [1.54, 1.807) is 26.0 Å². The van der Waals surface area contributed by atoms with E-state index in [9.17, 15) is 29.4 Å². The maximum atomic E-state index is 12.5. The summed E-state index contributed by atoms with van der Waals surface area (Å²) in [5, 5.41) is 35.1. The molecule has 32 heavy (non-hydrogen) atoms. The Morgan fingerprint density at radius 3 is 2.09 bits per heavy atom. The number of amides is 3. The van der Waals surface area contributed by atoms with Crippen molar-refractivity contribution >= 4 is 23.7 Å². The zero-order chi connectivity index (χ0) is 24.4. The molecule has 0 bridgehead atoms. The number of phenols is 1. The Hall–Kier alpha value is -3.18. The van der Waals surface area contributed by atoms with Gasteiger partial charge in [-0.3, -0.25) is 14.4 Å². The molecule has 0 fully saturated rings. The Morgan fingerprint density at radius 2 is 1.59 bits per heavy atom. The first-order valence-corrected chi connectivity index (χ1v) is 10.3. The normalized spacial score (nSPS) is 15.5. The van der Waals surface area contributed by atoms with Crippen LogP contribution < -0.4 is 21.7 Å². The molecule has 0 aliphatic rings. The second-order valence-corrected chi connectivity index (χ2v) is 7.69. The smallest absolute Gasteiger partial charge is 0.328 e. The number of nitrogens with two attached hydrogens (primary N) is 1. The SMILES string of the molecule is CCC(C)C(NC(=O)CNC(=O)C(N)Cc1ccc(O)cc1)C(=O)NC(C(=O)O)C(C)O. The van der Waals surface area contributed by atoms with Crippen molar-refractivity contribution in [3.63, 3.8) is 0 Å². The Morgan fingerprint density at radius 1 is 1.00 bits per heavy atom. The van der Waals surface area contributed by atoms with Gasteiger partial charge in [-0.1, -0.05) is 32.4 Å². The lowest BCUT2D eigenvalue weighted by Gasteiger charge is -2.26. The number of benzene rings is 1. The van der Waals surface area contributed by atoms with E-state index in [0.717, 1.165) is 5.56 Å². The first-order chi connectivity index (χ1) is 15.0. The van der Waals surface area contributed by atoms with E-state index in [4.69, 9.17) is 10.8 Å². The fourth-order valence-corrected chi connectivity index (χ4v) is 2.84. The Balaban J connectivity index is 2.66. The maximum absolute atomic E-state index is 12.5. The topological polar surface area (TPSA) is 191 Å². The lowest BCUT2D eigenvalue weighted by Crippen LogP contribution is -2.57. The van der Waals surface area contributed by atoms with Gasteiger partial charge in [0.25, 0.3) is 0 Å². The van der Waals surface area contributed by atoms with E-state index >= 15 is 0 Å². The molecule has 3 amide bonds. The summed E-state index contributed by atoms with van der Waals surface area (Å²) >= 11 is 0. The van der Waals surface area contributed by atoms with Crippen molar-refractivity contribution in [1.29, 1.82) is 0 Å². The van der Waals surface area contributed by atoms with Crippen molar-refractivity contribution in [2.24, 2.45) is 11.7 Å². The minimum Gasteiger partial charge on any atom is -0.508 e. The molecule has 0 aliphatic carbocycles. The number of aliphatic carboxylic acids is 1. The number of aromatic hydroxyl groups is 1. The number of carbonyl (C=O) groups is 4. The van der Waals surface area contributed by atoms with Gasteiger partial charge in [-0.2, -0.15) is 0 Å². The van der Waals surface area contributed by atoms with Gasteiger partial charge in [-0.05, 0) is 37.0 Å². The molecular weight excluding hydrogens is 420 g/mol. The Kier molecular flexibility index (Phi) is 10.6. The third kappa shape index (κ3) is 8.52. The Labute approximate surface area is 186 Å². The number of carboxylic acid groups (broad SMARTS) is 1. The van der Waals surface area contributed by atoms with Crippen molar-refractivity contribution in [3.8, 4) is 5.75 Å². The number of carboxylic acids is 1. The zero-order valence-corrected chi connectivity index (χ0v) is 18.4. The van der Waals surface area contributed by atoms with Gasteiger partial charge in [0.1, 0.15) is 11.8 Å². The van der Waals surface area contributed by atoms with Gasteiger partial charge in [-0.15, -0.1) is 0 Å². The molecular formula is C21H32N4O7. The van der Waals surface area contributed by atoms with Crippen LogP contribution in [0.4, 0.5) is 0 Å². The van der Waals surface area contributed by atoms with Crippen LogP contribution >= 0.6 is 0 Å². The van der Waals surface area contributed by atoms with Crippen LogP contribution in [0.25, 0.3) is 0 Å². The van der Waals surface area contributed by atoms with Gasteiger partial charge in [-0.25, -0.2) is 4.79 Å². The van der Waals surface area contributed by atoms with Crippen LogP contribution in [0.5, 0.6) is 5.75 Å². The summed E-state index contributed by atoms with van der Waals surface area (Å²) < 4.78 is 0. The molecule has 11 heteroatoms. The fourth-order valence-electron chi connectivity index (χ4n) is 2.84. The predicted octanol–water partition coefficient (Wildman–Crippen LogP) is -1.14. The first kappa shape index (κ1) is 26.9. The van der Waals surface area contributed by atoms with Gasteiger partial charge >= 0.3 is 5.97 Å². The molecule has 0 radical (unpaired) electrons. The largest absolute Gasteiger partial charge is 0.508 e. The maximum Gasteiger partial charge on any atom is 0.328 e. The van der Waals surface area contributed by atoms with Crippen LogP contribution in [0.15, 0.2) is 24.3 Å². The van der Waals surface area contributed by atoms with Gasteiger partial charge in [0.15, 0.2) is 6.04 Å². The summed E-state index contributed by atoms with van der Waals surface area (Å²) in [5.74, 6) is -3.63. The third-order valence-corrected chi connectivity index (χ3v) is 5.01. The van der Waals surface area contributed by atoms with Gasteiger partial charge < -0.3 is 37.0 Å². The molecule has 11 nitrogen and oxygen atoms in total. The summed E-state index contributed by atoms with van der Waals surface area (Å²) in [4.78, 5) is 48.3. The second kappa shape index (κ2) is 12.6. The predicted molar refractivity (Wildman–Crippen MR) is 115 cm³/mol. The van der Waals surface area contributed by atoms with Crippen molar-refractivity contribution in [1.82, 2.24) is 16.0 Å².